The van der Waals surface area contributed by atoms with Crippen molar-refractivity contribution >= 4 is 23.2 Å². The first-order valence-corrected chi connectivity index (χ1v) is 10.3. The molecule has 6 heteroatoms. The monoisotopic (exact) mass is 415 g/mol. The summed E-state index contributed by atoms with van der Waals surface area (Å²) >= 11 is 0. The predicted molar refractivity (Wildman–Crippen MR) is 121 cm³/mol. The van der Waals surface area contributed by atoms with Crippen LogP contribution in [0.15, 0.2) is 60.8 Å². The minimum Gasteiger partial charge on any atom is -0.378 e. The van der Waals surface area contributed by atoms with Crippen LogP contribution in [0.4, 0.5) is 11.5 Å². The van der Waals surface area contributed by atoms with E-state index in [9.17, 15) is 9.59 Å². The molecule has 0 spiro atoms. The molecule has 1 amide bonds. The van der Waals surface area contributed by atoms with Crippen LogP contribution in [-0.4, -0.2) is 43.0 Å². The van der Waals surface area contributed by atoms with E-state index in [1.807, 2.05) is 44.2 Å². The van der Waals surface area contributed by atoms with E-state index in [0.29, 0.717) is 35.6 Å². The lowest BCUT2D eigenvalue weighted by Gasteiger charge is -2.27. The second-order valence-electron chi connectivity index (χ2n) is 7.65. The van der Waals surface area contributed by atoms with E-state index in [4.69, 9.17) is 4.74 Å². The van der Waals surface area contributed by atoms with Crippen LogP contribution in [0, 0.1) is 13.8 Å². The number of morpholine rings is 1. The van der Waals surface area contributed by atoms with E-state index in [0.717, 1.165) is 30.0 Å². The SMILES string of the molecule is Cc1ccc(C)c(C(=O)c2ccccc2C(=O)Nc2ccc(N3CCOCC3)nc2)c1. The molecule has 1 aliphatic heterocycles. The quantitative estimate of drug-likeness (QED) is 0.638. The second kappa shape index (κ2) is 9.10. The zero-order valence-electron chi connectivity index (χ0n) is 17.7. The second-order valence-corrected chi connectivity index (χ2v) is 7.65. The minimum atomic E-state index is -0.338. The summed E-state index contributed by atoms with van der Waals surface area (Å²) in [5.74, 6) is 0.356. The van der Waals surface area contributed by atoms with Gasteiger partial charge in [-0.2, -0.15) is 0 Å². The Morgan fingerprint density at radius 1 is 0.935 bits per heavy atom. The van der Waals surface area contributed by atoms with Gasteiger partial charge in [-0.1, -0.05) is 35.9 Å². The third-order valence-corrected chi connectivity index (χ3v) is 5.39. The van der Waals surface area contributed by atoms with Gasteiger partial charge in [0.15, 0.2) is 5.78 Å². The summed E-state index contributed by atoms with van der Waals surface area (Å²) in [4.78, 5) is 32.8. The topological polar surface area (TPSA) is 71.5 Å². The molecule has 2 aromatic carbocycles. The van der Waals surface area contributed by atoms with Gasteiger partial charge in [0.1, 0.15) is 5.82 Å². The van der Waals surface area contributed by atoms with Crippen molar-refractivity contribution in [2.24, 2.45) is 0 Å². The van der Waals surface area contributed by atoms with Crippen LogP contribution in [0.2, 0.25) is 0 Å². The van der Waals surface area contributed by atoms with Crippen LogP contribution >= 0.6 is 0 Å². The van der Waals surface area contributed by atoms with Gasteiger partial charge in [-0.25, -0.2) is 4.98 Å². The number of anilines is 2. The third kappa shape index (κ3) is 4.64. The highest BCUT2D eigenvalue weighted by Crippen LogP contribution is 2.21. The average Bonchev–Trinajstić information content (AvgIpc) is 2.81. The molecular weight excluding hydrogens is 390 g/mol. The highest BCUT2D eigenvalue weighted by atomic mass is 16.5. The number of nitrogens with one attached hydrogen (secondary N) is 1. The van der Waals surface area contributed by atoms with Crippen LogP contribution in [0.5, 0.6) is 0 Å². The number of pyridine rings is 1. The van der Waals surface area contributed by atoms with Gasteiger partial charge >= 0.3 is 0 Å². The molecule has 4 rings (SSSR count). The molecule has 31 heavy (non-hydrogen) atoms. The maximum absolute atomic E-state index is 13.2. The maximum Gasteiger partial charge on any atom is 0.256 e. The molecule has 158 valence electrons. The molecular formula is C25H25N3O3. The normalized spacial score (nSPS) is 13.7. The zero-order chi connectivity index (χ0) is 21.8. The largest absolute Gasteiger partial charge is 0.378 e. The van der Waals surface area contributed by atoms with Gasteiger partial charge in [-0.15, -0.1) is 0 Å². The fraction of sp³-hybridized carbons (Fsp3) is 0.240. The standard InChI is InChI=1S/C25H25N3O3/c1-17-7-8-18(2)22(15-17)24(29)20-5-3-4-6-21(20)25(30)27-19-9-10-23(26-16-19)28-11-13-31-14-12-28/h3-10,15-16H,11-14H2,1-2H3,(H,27,30). The first kappa shape index (κ1) is 20.8. The van der Waals surface area contributed by atoms with Gasteiger partial charge in [-0.3, -0.25) is 9.59 Å². The Kier molecular flexibility index (Phi) is 6.09. The molecule has 3 aromatic rings. The number of ketones is 1. The molecule has 0 radical (unpaired) electrons. The van der Waals surface area contributed by atoms with Gasteiger partial charge in [0.2, 0.25) is 0 Å². The summed E-state index contributed by atoms with van der Waals surface area (Å²) in [7, 11) is 0. The lowest BCUT2D eigenvalue weighted by molar-refractivity contribution is 0.0996. The molecule has 2 heterocycles. The maximum atomic E-state index is 13.2. The summed E-state index contributed by atoms with van der Waals surface area (Å²) in [6, 6.07) is 16.4. The lowest BCUT2D eigenvalue weighted by atomic mass is 9.94. The summed E-state index contributed by atoms with van der Waals surface area (Å²) in [5, 5.41) is 2.86. The Hall–Kier alpha value is -3.51. The Labute approximate surface area is 181 Å². The number of aromatic nitrogens is 1. The number of ether oxygens (including phenoxy) is 1. The summed E-state index contributed by atoms with van der Waals surface area (Å²) < 4.78 is 5.37. The van der Waals surface area contributed by atoms with Crippen LogP contribution in [0.25, 0.3) is 0 Å². The number of carbonyl (C=O) groups is 2. The summed E-state index contributed by atoms with van der Waals surface area (Å²) in [6.45, 7) is 6.81. The summed E-state index contributed by atoms with van der Waals surface area (Å²) in [5.41, 5.74) is 3.79. The van der Waals surface area contributed by atoms with Crippen molar-refractivity contribution in [3.8, 4) is 0 Å². The molecule has 0 aliphatic carbocycles. The van der Waals surface area contributed by atoms with Crippen molar-refractivity contribution in [1.82, 2.24) is 4.98 Å². The average molecular weight is 415 g/mol. The molecule has 0 atom stereocenters. The van der Waals surface area contributed by atoms with Gasteiger partial charge in [0.05, 0.1) is 30.7 Å². The molecule has 1 aromatic heterocycles. The Bertz CT molecular complexity index is 1100. The van der Waals surface area contributed by atoms with Gasteiger partial charge < -0.3 is 15.0 Å². The number of rotatable bonds is 5. The number of aryl methyl sites for hydroxylation is 2. The smallest absolute Gasteiger partial charge is 0.256 e. The zero-order valence-corrected chi connectivity index (χ0v) is 17.7. The van der Waals surface area contributed by atoms with E-state index in [1.165, 1.54) is 0 Å². The van der Waals surface area contributed by atoms with E-state index in [1.54, 1.807) is 30.5 Å². The number of hydrogen-bond acceptors (Lipinski definition) is 5. The third-order valence-electron chi connectivity index (χ3n) is 5.39. The fourth-order valence-electron chi connectivity index (χ4n) is 3.64. The van der Waals surface area contributed by atoms with Crippen molar-refractivity contribution < 1.29 is 14.3 Å². The van der Waals surface area contributed by atoms with E-state index >= 15 is 0 Å². The molecule has 0 saturated carbocycles. The van der Waals surface area contributed by atoms with Crippen LogP contribution in [-0.2, 0) is 4.74 Å². The number of hydrogen-bond donors (Lipinski definition) is 1. The first-order chi connectivity index (χ1) is 15.0. The number of benzene rings is 2. The molecule has 6 nitrogen and oxygen atoms in total. The van der Waals surface area contributed by atoms with Crippen molar-refractivity contribution in [1.29, 1.82) is 0 Å². The Morgan fingerprint density at radius 3 is 2.39 bits per heavy atom. The lowest BCUT2D eigenvalue weighted by Crippen LogP contribution is -2.36. The Balaban J connectivity index is 1.54. The van der Waals surface area contributed by atoms with Gasteiger partial charge in [0.25, 0.3) is 5.91 Å². The molecule has 1 fully saturated rings. The van der Waals surface area contributed by atoms with Crippen molar-refractivity contribution in [3.05, 3.63) is 88.6 Å². The van der Waals surface area contributed by atoms with Crippen molar-refractivity contribution in [2.45, 2.75) is 13.8 Å². The molecule has 1 N–H and O–H groups in total. The van der Waals surface area contributed by atoms with Crippen LogP contribution < -0.4 is 10.2 Å². The molecule has 1 saturated heterocycles. The van der Waals surface area contributed by atoms with E-state index < -0.39 is 0 Å². The highest BCUT2D eigenvalue weighted by Gasteiger charge is 2.20. The van der Waals surface area contributed by atoms with Gasteiger partial charge in [0, 0.05) is 24.2 Å². The van der Waals surface area contributed by atoms with Crippen LogP contribution in [0.1, 0.15) is 37.4 Å². The van der Waals surface area contributed by atoms with Crippen molar-refractivity contribution in [3.63, 3.8) is 0 Å². The van der Waals surface area contributed by atoms with Gasteiger partial charge in [-0.05, 0) is 43.7 Å². The molecule has 0 bridgehead atoms. The van der Waals surface area contributed by atoms with E-state index in [-0.39, 0.29) is 11.7 Å². The fourth-order valence-corrected chi connectivity index (χ4v) is 3.64. The number of amides is 1. The summed E-state index contributed by atoms with van der Waals surface area (Å²) in [6.07, 6.45) is 1.64. The highest BCUT2D eigenvalue weighted by molar-refractivity contribution is 6.18. The molecule has 0 unspecified atom stereocenters. The predicted octanol–water partition coefficient (Wildman–Crippen LogP) is 4.02. The number of nitrogens with zero attached hydrogens (tertiary/aromatic N) is 2. The minimum absolute atomic E-state index is 0.159. The van der Waals surface area contributed by atoms with Crippen molar-refractivity contribution in [2.75, 3.05) is 36.5 Å². The van der Waals surface area contributed by atoms with E-state index in [2.05, 4.69) is 15.2 Å². The van der Waals surface area contributed by atoms with Crippen LogP contribution in [0.3, 0.4) is 0 Å². The number of carbonyl (C=O) groups excluding carboxylic acids is 2. The first-order valence-electron chi connectivity index (χ1n) is 10.3. The Morgan fingerprint density at radius 2 is 1.68 bits per heavy atom. The molecule has 1 aliphatic rings.